The molecule has 6 heteroatoms. The van der Waals surface area contributed by atoms with Crippen LogP contribution in [0.1, 0.15) is 6.92 Å². The highest BCUT2D eigenvalue weighted by atomic mass is 19.4. The molecule has 17 heavy (non-hydrogen) atoms. The number of ether oxygens (including phenoxy) is 1. The summed E-state index contributed by atoms with van der Waals surface area (Å²) in [5, 5.41) is 0. The van der Waals surface area contributed by atoms with Gasteiger partial charge < -0.3 is 10.6 Å². The number of alkyl halides is 3. The SMILES string of the molecule is CCN(CCOC(F)(F)F)c1ccccc1N. The van der Waals surface area contributed by atoms with E-state index in [1.165, 1.54) is 0 Å². The molecule has 0 aromatic heterocycles. The minimum atomic E-state index is -4.58. The molecular weight excluding hydrogens is 233 g/mol. The first kappa shape index (κ1) is 13.6. The molecule has 2 N–H and O–H groups in total. The van der Waals surface area contributed by atoms with Gasteiger partial charge in [0.2, 0.25) is 0 Å². The van der Waals surface area contributed by atoms with E-state index >= 15 is 0 Å². The smallest absolute Gasteiger partial charge is 0.397 e. The highest BCUT2D eigenvalue weighted by molar-refractivity contribution is 5.67. The zero-order chi connectivity index (χ0) is 12.9. The summed E-state index contributed by atoms with van der Waals surface area (Å²) < 4.78 is 39.2. The third-order valence-electron chi connectivity index (χ3n) is 2.29. The number of rotatable bonds is 5. The minimum Gasteiger partial charge on any atom is -0.397 e. The summed E-state index contributed by atoms with van der Waals surface area (Å²) in [5.41, 5.74) is 7.02. The summed E-state index contributed by atoms with van der Waals surface area (Å²) in [6.07, 6.45) is -4.58. The molecule has 1 aromatic rings. The molecule has 0 atom stereocenters. The second-order valence-corrected chi connectivity index (χ2v) is 3.43. The predicted molar refractivity (Wildman–Crippen MR) is 60.7 cm³/mol. The van der Waals surface area contributed by atoms with Crippen LogP contribution < -0.4 is 10.6 Å². The number of anilines is 2. The van der Waals surface area contributed by atoms with E-state index in [0.29, 0.717) is 12.2 Å². The van der Waals surface area contributed by atoms with Crippen LogP contribution in [0.2, 0.25) is 0 Å². The first-order valence-corrected chi connectivity index (χ1v) is 5.24. The van der Waals surface area contributed by atoms with Crippen molar-refractivity contribution in [1.82, 2.24) is 0 Å². The van der Waals surface area contributed by atoms with Gasteiger partial charge in [-0.05, 0) is 19.1 Å². The standard InChI is InChI=1S/C11H15F3N2O/c1-2-16(7-8-17-11(12,13)14)10-6-4-3-5-9(10)15/h3-6H,2,7-8,15H2,1H3. The molecule has 0 bridgehead atoms. The second-order valence-electron chi connectivity index (χ2n) is 3.43. The van der Waals surface area contributed by atoms with Gasteiger partial charge in [0, 0.05) is 13.1 Å². The zero-order valence-corrected chi connectivity index (χ0v) is 9.50. The average molecular weight is 248 g/mol. The molecule has 0 aliphatic carbocycles. The van der Waals surface area contributed by atoms with Crippen molar-refractivity contribution in [3.63, 3.8) is 0 Å². The Morgan fingerprint density at radius 1 is 1.29 bits per heavy atom. The van der Waals surface area contributed by atoms with Gasteiger partial charge in [0.15, 0.2) is 0 Å². The van der Waals surface area contributed by atoms with Crippen molar-refractivity contribution in [2.24, 2.45) is 0 Å². The van der Waals surface area contributed by atoms with E-state index in [0.717, 1.165) is 5.69 Å². The Kier molecular flexibility index (Phi) is 4.62. The van der Waals surface area contributed by atoms with E-state index in [2.05, 4.69) is 4.74 Å². The molecule has 0 heterocycles. The number of para-hydroxylation sites is 2. The van der Waals surface area contributed by atoms with Gasteiger partial charge in [-0.2, -0.15) is 0 Å². The Balaban J connectivity index is 2.58. The molecular formula is C11H15F3N2O. The molecule has 1 rings (SSSR count). The van der Waals surface area contributed by atoms with Gasteiger partial charge in [-0.15, -0.1) is 13.2 Å². The molecule has 0 fully saturated rings. The van der Waals surface area contributed by atoms with E-state index in [4.69, 9.17) is 5.73 Å². The number of likely N-dealkylation sites (N-methyl/N-ethyl adjacent to an activating group) is 1. The fourth-order valence-electron chi connectivity index (χ4n) is 1.50. The fourth-order valence-corrected chi connectivity index (χ4v) is 1.50. The molecule has 96 valence electrons. The van der Waals surface area contributed by atoms with Crippen LogP contribution in [0.5, 0.6) is 0 Å². The lowest BCUT2D eigenvalue weighted by molar-refractivity contribution is -0.323. The van der Waals surface area contributed by atoms with Crippen LogP contribution in [-0.4, -0.2) is 26.1 Å². The number of hydrogen-bond acceptors (Lipinski definition) is 3. The van der Waals surface area contributed by atoms with Crippen LogP contribution >= 0.6 is 0 Å². The molecule has 0 radical (unpaired) electrons. The Bertz CT molecular complexity index is 355. The summed E-state index contributed by atoms with van der Waals surface area (Å²) in [5.74, 6) is 0. The van der Waals surface area contributed by atoms with E-state index in [-0.39, 0.29) is 6.54 Å². The third kappa shape index (κ3) is 4.52. The minimum absolute atomic E-state index is 0.143. The monoisotopic (exact) mass is 248 g/mol. The summed E-state index contributed by atoms with van der Waals surface area (Å²) >= 11 is 0. The van der Waals surface area contributed by atoms with Gasteiger partial charge in [-0.25, -0.2) is 0 Å². The van der Waals surface area contributed by atoms with Crippen molar-refractivity contribution in [1.29, 1.82) is 0 Å². The summed E-state index contributed by atoms with van der Waals surface area (Å²) in [7, 11) is 0. The molecule has 0 aliphatic heterocycles. The summed E-state index contributed by atoms with van der Waals surface area (Å²) in [6, 6.07) is 7.05. The molecule has 0 aliphatic rings. The highest BCUT2D eigenvalue weighted by Crippen LogP contribution is 2.22. The van der Waals surface area contributed by atoms with Crippen molar-refractivity contribution in [3.05, 3.63) is 24.3 Å². The molecule has 1 aromatic carbocycles. The van der Waals surface area contributed by atoms with Crippen LogP contribution in [0.4, 0.5) is 24.5 Å². The Morgan fingerprint density at radius 2 is 1.94 bits per heavy atom. The molecule has 3 nitrogen and oxygen atoms in total. The van der Waals surface area contributed by atoms with Gasteiger partial charge >= 0.3 is 6.36 Å². The van der Waals surface area contributed by atoms with E-state index < -0.39 is 13.0 Å². The van der Waals surface area contributed by atoms with Gasteiger partial charge in [0.25, 0.3) is 0 Å². The average Bonchev–Trinajstić information content (AvgIpc) is 2.24. The summed E-state index contributed by atoms with van der Waals surface area (Å²) in [6.45, 7) is 2.14. The van der Waals surface area contributed by atoms with Gasteiger partial charge in [0.1, 0.15) is 0 Å². The Hall–Kier alpha value is -1.43. The number of nitrogens with zero attached hydrogens (tertiary/aromatic N) is 1. The van der Waals surface area contributed by atoms with Crippen molar-refractivity contribution < 1.29 is 17.9 Å². The molecule has 0 unspecified atom stereocenters. The maximum absolute atomic E-state index is 11.8. The van der Waals surface area contributed by atoms with Crippen molar-refractivity contribution in [2.45, 2.75) is 13.3 Å². The quantitative estimate of drug-likeness (QED) is 0.814. The molecule has 0 saturated carbocycles. The lowest BCUT2D eigenvalue weighted by atomic mass is 10.2. The van der Waals surface area contributed by atoms with E-state index in [1.54, 1.807) is 29.2 Å². The number of nitrogen functional groups attached to an aromatic ring is 1. The van der Waals surface area contributed by atoms with Crippen molar-refractivity contribution in [2.75, 3.05) is 30.3 Å². The van der Waals surface area contributed by atoms with Crippen LogP contribution in [-0.2, 0) is 4.74 Å². The lowest BCUT2D eigenvalue weighted by Crippen LogP contribution is -2.30. The van der Waals surface area contributed by atoms with Crippen LogP contribution in [0, 0.1) is 0 Å². The number of halogens is 3. The molecule has 0 amide bonds. The topological polar surface area (TPSA) is 38.5 Å². The van der Waals surface area contributed by atoms with E-state index in [9.17, 15) is 13.2 Å². The highest BCUT2D eigenvalue weighted by Gasteiger charge is 2.28. The molecule has 0 spiro atoms. The van der Waals surface area contributed by atoms with Crippen molar-refractivity contribution >= 4 is 11.4 Å². The first-order valence-electron chi connectivity index (χ1n) is 5.24. The number of hydrogen-bond donors (Lipinski definition) is 1. The van der Waals surface area contributed by atoms with E-state index in [1.807, 2.05) is 6.92 Å². The van der Waals surface area contributed by atoms with Crippen LogP contribution in [0.3, 0.4) is 0 Å². The van der Waals surface area contributed by atoms with Crippen molar-refractivity contribution in [3.8, 4) is 0 Å². The second kappa shape index (κ2) is 5.77. The van der Waals surface area contributed by atoms with Crippen LogP contribution in [0.25, 0.3) is 0 Å². The maximum atomic E-state index is 11.8. The maximum Gasteiger partial charge on any atom is 0.522 e. The lowest BCUT2D eigenvalue weighted by Gasteiger charge is -2.24. The van der Waals surface area contributed by atoms with Gasteiger partial charge in [-0.3, -0.25) is 4.74 Å². The van der Waals surface area contributed by atoms with Crippen LogP contribution in [0.15, 0.2) is 24.3 Å². The number of nitrogens with two attached hydrogens (primary N) is 1. The zero-order valence-electron chi connectivity index (χ0n) is 9.50. The predicted octanol–water partition coefficient (Wildman–Crippen LogP) is 2.63. The first-order chi connectivity index (χ1) is 7.94. The number of benzene rings is 1. The largest absolute Gasteiger partial charge is 0.522 e. The fraction of sp³-hybridized carbons (Fsp3) is 0.455. The third-order valence-corrected chi connectivity index (χ3v) is 2.29. The van der Waals surface area contributed by atoms with Gasteiger partial charge in [-0.1, -0.05) is 12.1 Å². The van der Waals surface area contributed by atoms with Gasteiger partial charge in [0.05, 0.1) is 18.0 Å². The Labute approximate surface area is 98.0 Å². The molecule has 0 saturated heterocycles. The summed E-state index contributed by atoms with van der Waals surface area (Å²) in [4.78, 5) is 1.74. The normalized spacial score (nSPS) is 11.5. The Morgan fingerprint density at radius 3 is 2.47 bits per heavy atom.